The number of ether oxygens (including phenoxy) is 2. The molecule has 0 aliphatic carbocycles. The molecule has 1 atom stereocenters. The second-order valence-corrected chi connectivity index (χ2v) is 5.25. The molecular formula is C17H27NO3. The Morgan fingerprint density at radius 1 is 1.24 bits per heavy atom. The SMILES string of the molecule is CCCCCCC(C)Oc1cc(C(=O)OCC)ccc1N. The van der Waals surface area contributed by atoms with E-state index < -0.39 is 0 Å². The minimum absolute atomic E-state index is 0.0848. The maximum atomic E-state index is 11.7. The van der Waals surface area contributed by atoms with E-state index in [2.05, 4.69) is 6.92 Å². The lowest BCUT2D eigenvalue weighted by Gasteiger charge is -2.16. The summed E-state index contributed by atoms with van der Waals surface area (Å²) in [6, 6.07) is 5.01. The average molecular weight is 293 g/mol. The van der Waals surface area contributed by atoms with Crippen LogP contribution in [0.5, 0.6) is 5.75 Å². The topological polar surface area (TPSA) is 61.5 Å². The number of hydrogen-bond donors (Lipinski definition) is 1. The third-order valence-corrected chi connectivity index (χ3v) is 3.32. The molecule has 4 heteroatoms. The van der Waals surface area contributed by atoms with Crippen LogP contribution in [0.15, 0.2) is 18.2 Å². The number of benzene rings is 1. The van der Waals surface area contributed by atoms with Gasteiger partial charge in [-0.1, -0.05) is 26.2 Å². The number of nitrogen functional groups attached to an aromatic ring is 1. The average Bonchev–Trinajstić information content (AvgIpc) is 2.46. The Balaban J connectivity index is 2.60. The van der Waals surface area contributed by atoms with Crippen LogP contribution in [0.25, 0.3) is 0 Å². The Morgan fingerprint density at radius 3 is 2.67 bits per heavy atom. The highest BCUT2D eigenvalue weighted by molar-refractivity contribution is 5.90. The van der Waals surface area contributed by atoms with Gasteiger partial charge in [-0.3, -0.25) is 0 Å². The van der Waals surface area contributed by atoms with E-state index in [-0.39, 0.29) is 12.1 Å². The molecule has 118 valence electrons. The zero-order valence-electron chi connectivity index (χ0n) is 13.4. The van der Waals surface area contributed by atoms with E-state index in [1.54, 1.807) is 25.1 Å². The van der Waals surface area contributed by atoms with E-state index in [1.807, 2.05) is 6.92 Å². The van der Waals surface area contributed by atoms with Crippen molar-refractivity contribution in [1.29, 1.82) is 0 Å². The monoisotopic (exact) mass is 293 g/mol. The molecule has 0 aliphatic rings. The molecule has 0 amide bonds. The molecule has 1 aromatic rings. The molecular weight excluding hydrogens is 266 g/mol. The van der Waals surface area contributed by atoms with Crippen molar-refractivity contribution in [2.24, 2.45) is 0 Å². The Morgan fingerprint density at radius 2 is 2.00 bits per heavy atom. The number of esters is 1. The van der Waals surface area contributed by atoms with Crippen molar-refractivity contribution >= 4 is 11.7 Å². The second-order valence-electron chi connectivity index (χ2n) is 5.25. The van der Waals surface area contributed by atoms with Crippen LogP contribution < -0.4 is 10.5 Å². The van der Waals surface area contributed by atoms with Gasteiger partial charge in [-0.15, -0.1) is 0 Å². The van der Waals surface area contributed by atoms with Crippen LogP contribution in [0.3, 0.4) is 0 Å². The van der Waals surface area contributed by atoms with Crippen molar-refractivity contribution in [3.63, 3.8) is 0 Å². The molecule has 0 aliphatic heterocycles. The van der Waals surface area contributed by atoms with Crippen LogP contribution in [0, 0.1) is 0 Å². The summed E-state index contributed by atoms with van der Waals surface area (Å²) in [7, 11) is 0. The molecule has 0 radical (unpaired) electrons. The van der Waals surface area contributed by atoms with Gasteiger partial charge in [-0.2, -0.15) is 0 Å². The van der Waals surface area contributed by atoms with Crippen molar-refractivity contribution in [1.82, 2.24) is 0 Å². The molecule has 1 rings (SSSR count). The van der Waals surface area contributed by atoms with Gasteiger partial charge in [0.1, 0.15) is 5.75 Å². The first-order valence-electron chi connectivity index (χ1n) is 7.81. The molecule has 0 fully saturated rings. The van der Waals surface area contributed by atoms with Gasteiger partial charge in [0, 0.05) is 0 Å². The number of anilines is 1. The molecule has 0 saturated heterocycles. The fourth-order valence-electron chi connectivity index (χ4n) is 2.11. The van der Waals surface area contributed by atoms with Crippen LogP contribution in [-0.4, -0.2) is 18.7 Å². The molecule has 0 bridgehead atoms. The zero-order valence-corrected chi connectivity index (χ0v) is 13.4. The first-order valence-corrected chi connectivity index (χ1v) is 7.81. The van der Waals surface area contributed by atoms with Gasteiger partial charge in [0.05, 0.1) is 24.0 Å². The lowest BCUT2D eigenvalue weighted by Crippen LogP contribution is -2.13. The van der Waals surface area contributed by atoms with Crippen molar-refractivity contribution in [3.05, 3.63) is 23.8 Å². The molecule has 0 heterocycles. The smallest absolute Gasteiger partial charge is 0.338 e. The molecule has 21 heavy (non-hydrogen) atoms. The summed E-state index contributed by atoms with van der Waals surface area (Å²) >= 11 is 0. The summed E-state index contributed by atoms with van der Waals surface area (Å²) < 4.78 is 10.8. The Hall–Kier alpha value is -1.71. The molecule has 0 spiro atoms. The Bertz CT molecular complexity index is 446. The summed E-state index contributed by atoms with van der Waals surface area (Å²) in [6.45, 7) is 6.36. The summed E-state index contributed by atoms with van der Waals surface area (Å²) in [4.78, 5) is 11.7. The molecule has 1 unspecified atom stereocenters. The van der Waals surface area contributed by atoms with Gasteiger partial charge in [0.25, 0.3) is 0 Å². The normalized spacial score (nSPS) is 12.0. The van der Waals surface area contributed by atoms with Crippen molar-refractivity contribution < 1.29 is 14.3 Å². The predicted molar refractivity (Wildman–Crippen MR) is 85.7 cm³/mol. The fourth-order valence-corrected chi connectivity index (χ4v) is 2.11. The molecule has 0 aromatic heterocycles. The quantitative estimate of drug-likeness (QED) is 0.421. The summed E-state index contributed by atoms with van der Waals surface area (Å²) in [6.07, 6.45) is 5.93. The van der Waals surface area contributed by atoms with Crippen LogP contribution >= 0.6 is 0 Å². The van der Waals surface area contributed by atoms with E-state index in [0.717, 1.165) is 12.8 Å². The summed E-state index contributed by atoms with van der Waals surface area (Å²) in [5.41, 5.74) is 6.93. The minimum Gasteiger partial charge on any atom is -0.489 e. The second kappa shape index (κ2) is 9.27. The lowest BCUT2D eigenvalue weighted by molar-refractivity contribution is 0.0525. The van der Waals surface area contributed by atoms with Crippen LogP contribution in [0.1, 0.15) is 63.2 Å². The predicted octanol–water partition coefficient (Wildman–Crippen LogP) is 4.18. The van der Waals surface area contributed by atoms with E-state index in [9.17, 15) is 4.79 Å². The van der Waals surface area contributed by atoms with Crippen molar-refractivity contribution in [2.75, 3.05) is 12.3 Å². The van der Waals surface area contributed by atoms with Gasteiger partial charge in [-0.05, 0) is 44.9 Å². The zero-order chi connectivity index (χ0) is 15.7. The van der Waals surface area contributed by atoms with Gasteiger partial charge in [0.2, 0.25) is 0 Å². The first kappa shape index (κ1) is 17.3. The van der Waals surface area contributed by atoms with Crippen LogP contribution in [-0.2, 0) is 4.74 Å². The molecule has 4 nitrogen and oxygen atoms in total. The van der Waals surface area contributed by atoms with E-state index in [0.29, 0.717) is 23.6 Å². The number of carbonyl (C=O) groups excluding carboxylic acids is 1. The summed E-state index contributed by atoms with van der Waals surface area (Å²) in [5.74, 6) is 0.210. The van der Waals surface area contributed by atoms with Gasteiger partial charge in [-0.25, -0.2) is 4.79 Å². The van der Waals surface area contributed by atoms with Gasteiger partial charge in [0.15, 0.2) is 0 Å². The maximum Gasteiger partial charge on any atom is 0.338 e. The highest BCUT2D eigenvalue weighted by Gasteiger charge is 2.12. The number of hydrogen-bond acceptors (Lipinski definition) is 4. The Kier molecular flexibility index (Phi) is 7.65. The number of unbranched alkanes of at least 4 members (excludes halogenated alkanes) is 3. The van der Waals surface area contributed by atoms with Gasteiger partial charge >= 0.3 is 5.97 Å². The highest BCUT2D eigenvalue weighted by atomic mass is 16.5. The molecule has 1 aromatic carbocycles. The third-order valence-electron chi connectivity index (χ3n) is 3.32. The Labute approximate surface area is 127 Å². The first-order chi connectivity index (χ1) is 10.1. The largest absolute Gasteiger partial charge is 0.489 e. The third kappa shape index (κ3) is 6.06. The van der Waals surface area contributed by atoms with Crippen molar-refractivity contribution in [2.45, 2.75) is 59.0 Å². The summed E-state index contributed by atoms with van der Waals surface area (Å²) in [5, 5.41) is 0. The maximum absolute atomic E-state index is 11.7. The molecule has 2 N–H and O–H groups in total. The van der Waals surface area contributed by atoms with E-state index in [1.165, 1.54) is 19.3 Å². The van der Waals surface area contributed by atoms with E-state index in [4.69, 9.17) is 15.2 Å². The number of rotatable bonds is 9. The fraction of sp³-hybridized carbons (Fsp3) is 0.588. The van der Waals surface area contributed by atoms with E-state index >= 15 is 0 Å². The van der Waals surface area contributed by atoms with Crippen LogP contribution in [0.2, 0.25) is 0 Å². The molecule has 0 saturated carbocycles. The van der Waals surface area contributed by atoms with Gasteiger partial charge < -0.3 is 15.2 Å². The number of carbonyl (C=O) groups is 1. The lowest BCUT2D eigenvalue weighted by atomic mass is 10.1. The number of nitrogens with two attached hydrogens (primary N) is 1. The minimum atomic E-state index is -0.349. The standard InChI is InChI=1S/C17H27NO3/c1-4-6-7-8-9-13(3)21-16-12-14(10-11-15(16)18)17(19)20-5-2/h10-13H,4-9,18H2,1-3H3. The highest BCUT2D eigenvalue weighted by Crippen LogP contribution is 2.25. The van der Waals surface area contributed by atoms with Crippen molar-refractivity contribution in [3.8, 4) is 5.75 Å². The van der Waals surface area contributed by atoms with Crippen LogP contribution in [0.4, 0.5) is 5.69 Å².